The summed E-state index contributed by atoms with van der Waals surface area (Å²) in [7, 11) is 0. The van der Waals surface area contributed by atoms with Gasteiger partial charge in [0, 0.05) is 24.0 Å². The number of rotatable bonds is 5. The second kappa shape index (κ2) is 6.66. The van der Waals surface area contributed by atoms with Crippen molar-refractivity contribution in [2.75, 3.05) is 11.9 Å². The number of anilines is 1. The molecule has 1 N–H and O–H groups in total. The minimum absolute atomic E-state index is 0.569. The summed E-state index contributed by atoms with van der Waals surface area (Å²) in [4.78, 5) is 13.5. The third-order valence-electron chi connectivity index (χ3n) is 3.09. The molecule has 5 heteroatoms. The molecule has 0 atom stereocenters. The Kier molecular flexibility index (Phi) is 4.90. The topological polar surface area (TPSA) is 50.7 Å². The van der Waals surface area contributed by atoms with E-state index in [1.165, 1.54) is 0 Å². The zero-order chi connectivity index (χ0) is 14.5. The van der Waals surface area contributed by atoms with E-state index in [-0.39, 0.29) is 0 Å². The van der Waals surface area contributed by atoms with Gasteiger partial charge in [0.1, 0.15) is 11.5 Å². The largest absolute Gasteiger partial charge is 0.370 e. The average molecular weight is 291 g/mol. The third-order valence-corrected chi connectivity index (χ3v) is 3.40. The van der Waals surface area contributed by atoms with E-state index in [9.17, 15) is 0 Å². The van der Waals surface area contributed by atoms with Crippen molar-refractivity contribution < 1.29 is 0 Å². The molecule has 0 amide bonds. The van der Waals surface area contributed by atoms with Crippen LogP contribution in [0.1, 0.15) is 31.5 Å². The second-order valence-corrected chi connectivity index (χ2v) is 4.99. The predicted molar refractivity (Wildman–Crippen MR) is 83.2 cm³/mol. The van der Waals surface area contributed by atoms with E-state index in [1.54, 1.807) is 18.3 Å². The summed E-state index contributed by atoms with van der Waals surface area (Å²) in [6, 6.07) is 3.61. The van der Waals surface area contributed by atoms with E-state index in [0.29, 0.717) is 16.5 Å². The molecule has 0 aliphatic carbocycles. The molecule has 0 unspecified atom stereocenters. The Labute approximate surface area is 124 Å². The van der Waals surface area contributed by atoms with E-state index in [2.05, 4.69) is 34.1 Å². The fourth-order valence-corrected chi connectivity index (χ4v) is 2.19. The Hall–Kier alpha value is -1.68. The first-order valence-electron chi connectivity index (χ1n) is 6.89. The van der Waals surface area contributed by atoms with Crippen molar-refractivity contribution >= 4 is 17.4 Å². The van der Waals surface area contributed by atoms with Crippen LogP contribution in [-0.2, 0) is 6.42 Å². The van der Waals surface area contributed by atoms with Crippen LogP contribution in [-0.4, -0.2) is 21.5 Å². The van der Waals surface area contributed by atoms with Gasteiger partial charge in [-0.05, 0) is 31.9 Å². The Balaban J connectivity index is 2.51. The molecule has 20 heavy (non-hydrogen) atoms. The number of hydrogen-bond acceptors (Lipinski definition) is 4. The Morgan fingerprint density at radius 1 is 1.25 bits per heavy atom. The molecule has 0 saturated carbocycles. The summed E-state index contributed by atoms with van der Waals surface area (Å²) in [6.45, 7) is 7.14. The minimum Gasteiger partial charge on any atom is -0.370 e. The molecule has 0 aliphatic rings. The Bertz CT molecular complexity index is 598. The first kappa shape index (κ1) is 14.7. The molecule has 2 rings (SSSR count). The maximum Gasteiger partial charge on any atom is 0.181 e. The van der Waals surface area contributed by atoms with Crippen LogP contribution in [0.4, 0.5) is 5.82 Å². The molecule has 0 radical (unpaired) electrons. The Morgan fingerprint density at radius 2 is 2.05 bits per heavy atom. The van der Waals surface area contributed by atoms with Crippen molar-refractivity contribution in [1.82, 2.24) is 15.0 Å². The quantitative estimate of drug-likeness (QED) is 0.908. The van der Waals surface area contributed by atoms with Crippen LogP contribution in [0.3, 0.4) is 0 Å². The van der Waals surface area contributed by atoms with Crippen molar-refractivity contribution in [3.05, 3.63) is 34.6 Å². The second-order valence-electron chi connectivity index (χ2n) is 4.58. The molecule has 0 aromatic carbocycles. The molecule has 106 valence electrons. The lowest BCUT2D eigenvalue weighted by atomic mass is 10.2. The minimum atomic E-state index is 0.569. The Morgan fingerprint density at radius 3 is 2.70 bits per heavy atom. The van der Waals surface area contributed by atoms with Crippen LogP contribution in [0, 0.1) is 6.92 Å². The van der Waals surface area contributed by atoms with Gasteiger partial charge in [-0.1, -0.05) is 25.4 Å². The number of aromatic nitrogens is 3. The lowest BCUT2D eigenvalue weighted by Crippen LogP contribution is -2.09. The number of hydrogen-bond donors (Lipinski definition) is 1. The summed E-state index contributed by atoms with van der Waals surface area (Å²) in [6.07, 6.45) is 3.60. The van der Waals surface area contributed by atoms with Crippen molar-refractivity contribution in [2.45, 2.75) is 33.6 Å². The summed E-state index contributed by atoms with van der Waals surface area (Å²) in [5, 5.41) is 3.91. The molecular weight excluding hydrogens is 272 g/mol. The average Bonchev–Trinajstić information content (AvgIpc) is 2.47. The van der Waals surface area contributed by atoms with Gasteiger partial charge in [0.15, 0.2) is 5.82 Å². The highest BCUT2D eigenvalue weighted by atomic mass is 35.5. The van der Waals surface area contributed by atoms with Gasteiger partial charge >= 0.3 is 0 Å². The van der Waals surface area contributed by atoms with E-state index in [0.717, 1.165) is 36.5 Å². The summed E-state index contributed by atoms with van der Waals surface area (Å²) in [5.74, 6) is 1.45. The number of nitrogens with zero attached hydrogens (tertiary/aromatic N) is 3. The standard InChI is InChI=1S/C15H19ClN4/c1-4-8-18-14-10(3)12(5-2)19-15(20-14)13-11(16)7-6-9-17-13/h6-7,9H,4-5,8H2,1-3H3,(H,18,19,20). The molecular formula is C15H19ClN4. The van der Waals surface area contributed by atoms with Gasteiger partial charge < -0.3 is 5.32 Å². The fourth-order valence-electron chi connectivity index (χ4n) is 1.98. The molecule has 2 aromatic rings. The van der Waals surface area contributed by atoms with Crippen LogP contribution >= 0.6 is 11.6 Å². The summed E-state index contributed by atoms with van der Waals surface area (Å²) < 4.78 is 0. The van der Waals surface area contributed by atoms with Crippen LogP contribution in [0.15, 0.2) is 18.3 Å². The van der Waals surface area contributed by atoms with Crippen LogP contribution < -0.4 is 5.32 Å². The van der Waals surface area contributed by atoms with Gasteiger partial charge in [-0.25, -0.2) is 9.97 Å². The van der Waals surface area contributed by atoms with Gasteiger partial charge in [0.05, 0.1) is 5.02 Å². The third kappa shape index (κ3) is 3.07. The van der Waals surface area contributed by atoms with Gasteiger partial charge in [0.25, 0.3) is 0 Å². The molecule has 0 spiro atoms. The van der Waals surface area contributed by atoms with Gasteiger partial charge in [-0.2, -0.15) is 0 Å². The molecule has 0 saturated heterocycles. The van der Waals surface area contributed by atoms with Crippen molar-refractivity contribution in [1.29, 1.82) is 0 Å². The van der Waals surface area contributed by atoms with Crippen molar-refractivity contribution in [3.63, 3.8) is 0 Å². The molecule has 0 bridgehead atoms. The van der Waals surface area contributed by atoms with Crippen LogP contribution in [0.5, 0.6) is 0 Å². The molecule has 2 heterocycles. The van der Waals surface area contributed by atoms with E-state index < -0.39 is 0 Å². The maximum atomic E-state index is 6.19. The number of pyridine rings is 1. The highest BCUT2D eigenvalue weighted by molar-refractivity contribution is 6.32. The molecule has 2 aromatic heterocycles. The monoisotopic (exact) mass is 290 g/mol. The fraction of sp³-hybridized carbons (Fsp3) is 0.400. The van der Waals surface area contributed by atoms with Gasteiger partial charge in [-0.3, -0.25) is 4.98 Å². The van der Waals surface area contributed by atoms with Gasteiger partial charge in [0.2, 0.25) is 0 Å². The smallest absolute Gasteiger partial charge is 0.181 e. The molecule has 4 nitrogen and oxygen atoms in total. The van der Waals surface area contributed by atoms with Crippen LogP contribution in [0.2, 0.25) is 5.02 Å². The highest BCUT2D eigenvalue weighted by Crippen LogP contribution is 2.25. The zero-order valence-corrected chi connectivity index (χ0v) is 12.8. The lowest BCUT2D eigenvalue weighted by molar-refractivity contribution is 0.933. The first-order valence-corrected chi connectivity index (χ1v) is 7.27. The number of nitrogens with one attached hydrogen (secondary N) is 1. The normalized spacial score (nSPS) is 10.6. The summed E-state index contributed by atoms with van der Waals surface area (Å²) in [5.41, 5.74) is 2.75. The zero-order valence-electron chi connectivity index (χ0n) is 12.1. The van der Waals surface area contributed by atoms with Crippen molar-refractivity contribution in [3.8, 4) is 11.5 Å². The van der Waals surface area contributed by atoms with E-state index in [4.69, 9.17) is 11.6 Å². The number of halogens is 1. The van der Waals surface area contributed by atoms with E-state index in [1.807, 2.05) is 6.92 Å². The lowest BCUT2D eigenvalue weighted by Gasteiger charge is -2.13. The van der Waals surface area contributed by atoms with Gasteiger partial charge in [-0.15, -0.1) is 0 Å². The molecule has 0 aliphatic heterocycles. The molecule has 0 fully saturated rings. The first-order chi connectivity index (χ1) is 9.67. The van der Waals surface area contributed by atoms with E-state index >= 15 is 0 Å². The van der Waals surface area contributed by atoms with Crippen molar-refractivity contribution in [2.24, 2.45) is 0 Å². The maximum absolute atomic E-state index is 6.19. The summed E-state index contributed by atoms with van der Waals surface area (Å²) >= 11 is 6.19. The SMILES string of the molecule is CCCNc1nc(-c2ncccc2Cl)nc(CC)c1C. The number of aryl methyl sites for hydroxylation is 1. The van der Waals surface area contributed by atoms with Crippen LogP contribution in [0.25, 0.3) is 11.5 Å². The predicted octanol–water partition coefficient (Wildman–Crippen LogP) is 3.88. The highest BCUT2D eigenvalue weighted by Gasteiger charge is 2.13.